The van der Waals surface area contributed by atoms with E-state index in [-0.39, 0.29) is 11.0 Å². The lowest BCUT2D eigenvalue weighted by molar-refractivity contribution is 0.0187. The van der Waals surface area contributed by atoms with E-state index >= 15 is 0 Å². The molecule has 0 bridgehead atoms. The molecule has 0 spiro atoms. The lowest BCUT2D eigenvalue weighted by Crippen LogP contribution is -2.29. The first-order valence-electron chi connectivity index (χ1n) is 4.57. The molecule has 2 rings (SSSR count). The molecule has 0 aliphatic carbocycles. The van der Waals surface area contributed by atoms with Gasteiger partial charge >= 0.3 is 0 Å². The minimum absolute atomic E-state index is 0.0925. The van der Waals surface area contributed by atoms with E-state index in [1.54, 1.807) is 0 Å². The number of benzene rings is 1. The van der Waals surface area contributed by atoms with Crippen LogP contribution in [0.5, 0.6) is 0 Å². The molecule has 2 atom stereocenters. The van der Waals surface area contributed by atoms with Crippen LogP contribution in [0.2, 0.25) is 0 Å². The van der Waals surface area contributed by atoms with Crippen LogP contribution in [0.1, 0.15) is 18.9 Å². The van der Waals surface area contributed by atoms with Crippen LogP contribution in [0, 0.1) is 0 Å². The largest absolute Gasteiger partial charge is 0.369 e. The third kappa shape index (κ3) is 1.47. The van der Waals surface area contributed by atoms with Gasteiger partial charge in [-0.3, -0.25) is 0 Å². The van der Waals surface area contributed by atoms with Crippen LogP contribution in [0.25, 0.3) is 0 Å². The van der Waals surface area contributed by atoms with Crippen LogP contribution in [-0.4, -0.2) is 12.0 Å². The summed E-state index contributed by atoms with van der Waals surface area (Å²) in [5, 5.41) is 0.0925. The summed E-state index contributed by atoms with van der Waals surface area (Å²) in [6.45, 7) is 2.83. The van der Waals surface area contributed by atoms with E-state index in [0.29, 0.717) is 0 Å². The quantitative estimate of drug-likeness (QED) is 0.628. The first-order valence-corrected chi connectivity index (χ1v) is 5.01. The number of hydrogen-bond donors (Lipinski definition) is 0. The van der Waals surface area contributed by atoms with Gasteiger partial charge in [-0.25, -0.2) is 0 Å². The molecule has 0 saturated carbocycles. The maximum absolute atomic E-state index is 6.23. The van der Waals surface area contributed by atoms with Crippen LogP contribution >= 0.6 is 11.6 Å². The first kappa shape index (κ1) is 9.04. The second kappa shape index (κ2) is 3.32. The van der Waals surface area contributed by atoms with E-state index in [2.05, 4.69) is 19.1 Å². The highest BCUT2D eigenvalue weighted by molar-refractivity contribution is 6.21. The Kier molecular flexibility index (Phi) is 2.31. The zero-order valence-corrected chi connectivity index (χ0v) is 8.42. The molecule has 0 N–H and O–H groups in total. The van der Waals surface area contributed by atoms with Crippen LogP contribution in [0.3, 0.4) is 0 Å². The van der Waals surface area contributed by atoms with Gasteiger partial charge in [0, 0.05) is 6.61 Å². The number of rotatable bonds is 1. The van der Waals surface area contributed by atoms with Crippen LogP contribution in [0.15, 0.2) is 30.3 Å². The number of alkyl halides is 1. The normalized spacial score (nSPS) is 33.5. The van der Waals surface area contributed by atoms with Crippen molar-refractivity contribution < 1.29 is 4.74 Å². The lowest BCUT2D eigenvalue weighted by Gasteiger charge is -2.27. The molecule has 2 heteroatoms. The summed E-state index contributed by atoms with van der Waals surface area (Å²) in [5.74, 6) is 0. The number of hydrogen-bond acceptors (Lipinski definition) is 1. The van der Waals surface area contributed by atoms with Crippen molar-refractivity contribution in [2.75, 3.05) is 6.61 Å². The first-order chi connectivity index (χ1) is 6.23. The van der Waals surface area contributed by atoms with E-state index < -0.39 is 0 Å². The molecule has 0 unspecified atom stereocenters. The topological polar surface area (TPSA) is 9.23 Å². The second-order valence-corrected chi connectivity index (χ2v) is 4.10. The van der Waals surface area contributed by atoms with E-state index in [1.165, 1.54) is 5.56 Å². The Labute approximate surface area is 83.7 Å². The SMILES string of the molecule is C[C@@]1(c2ccccc2)OCC[C@H]1Cl. The Morgan fingerprint density at radius 2 is 2.08 bits per heavy atom. The van der Waals surface area contributed by atoms with Gasteiger partial charge in [0.05, 0.1) is 5.38 Å². The fraction of sp³-hybridized carbons (Fsp3) is 0.455. The average Bonchev–Trinajstić information content (AvgIpc) is 2.50. The van der Waals surface area contributed by atoms with Crippen molar-refractivity contribution in [3.63, 3.8) is 0 Å². The van der Waals surface area contributed by atoms with Gasteiger partial charge in [0.25, 0.3) is 0 Å². The number of ether oxygens (including phenoxy) is 1. The van der Waals surface area contributed by atoms with Crippen molar-refractivity contribution in [1.82, 2.24) is 0 Å². The molecular weight excluding hydrogens is 184 g/mol. The Hall–Kier alpha value is -0.530. The molecule has 0 aromatic heterocycles. The maximum atomic E-state index is 6.23. The van der Waals surface area contributed by atoms with E-state index in [9.17, 15) is 0 Å². The summed E-state index contributed by atoms with van der Waals surface area (Å²) in [4.78, 5) is 0. The highest BCUT2D eigenvalue weighted by Gasteiger charge is 2.40. The zero-order valence-electron chi connectivity index (χ0n) is 7.66. The Morgan fingerprint density at radius 1 is 1.38 bits per heavy atom. The smallest absolute Gasteiger partial charge is 0.107 e. The molecule has 1 heterocycles. The molecule has 1 nitrogen and oxygen atoms in total. The molecule has 1 saturated heterocycles. The Bertz CT molecular complexity index is 285. The molecule has 1 aliphatic rings. The third-order valence-electron chi connectivity index (χ3n) is 2.72. The number of halogens is 1. The van der Waals surface area contributed by atoms with Crippen molar-refractivity contribution in [3.05, 3.63) is 35.9 Å². The zero-order chi connectivity index (χ0) is 9.31. The highest BCUT2D eigenvalue weighted by atomic mass is 35.5. The van der Waals surface area contributed by atoms with Crippen LogP contribution in [-0.2, 0) is 10.3 Å². The minimum atomic E-state index is -0.289. The summed E-state index contributed by atoms with van der Waals surface area (Å²) in [5.41, 5.74) is 0.885. The average molecular weight is 197 g/mol. The van der Waals surface area contributed by atoms with Crippen LogP contribution < -0.4 is 0 Å². The van der Waals surface area contributed by atoms with Crippen molar-refractivity contribution in [2.45, 2.75) is 24.3 Å². The molecule has 13 heavy (non-hydrogen) atoms. The minimum Gasteiger partial charge on any atom is -0.369 e. The van der Waals surface area contributed by atoms with E-state index in [0.717, 1.165) is 13.0 Å². The van der Waals surface area contributed by atoms with Gasteiger partial charge in [0.15, 0.2) is 0 Å². The van der Waals surface area contributed by atoms with Gasteiger partial charge in [0.1, 0.15) is 5.60 Å². The molecule has 70 valence electrons. The molecule has 1 fully saturated rings. The van der Waals surface area contributed by atoms with E-state index in [1.807, 2.05) is 18.2 Å². The molecule has 1 aromatic carbocycles. The molecular formula is C11H13ClO. The molecule has 0 radical (unpaired) electrons. The fourth-order valence-corrected chi connectivity index (χ4v) is 2.05. The summed E-state index contributed by atoms with van der Waals surface area (Å²) in [7, 11) is 0. The summed E-state index contributed by atoms with van der Waals surface area (Å²) in [6.07, 6.45) is 0.937. The van der Waals surface area contributed by atoms with Crippen LogP contribution in [0.4, 0.5) is 0 Å². The van der Waals surface area contributed by atoms with Gasteiger partial charge < -0.3 is 4.74 Å². The van der Waals surface area contributed by atoms with Gasteiger partial charge in [0.2, 0.25) is 0 Å². The van der Waals surface area contributed by atoms with Gasteiger partial charge in [-0.05, 0) is 18.9 Å². The lowest BCUT2D eigenvalue weighted by atomic mass is 9.93. The highest BCUT2D eigenvalue weighted by Crippen LogP contribution is 2.38. The van der Waals surface area contributed by atoms with E-state index in [4.69, 9.17) is 16.3 Å². The van der Waals surface area contributed by atoms with Gasteiger partial charge in [-0.15, -0.1) is 11.6 Å². The predicted molar refractivity (Wildman–Crippen MR) is 54.0 cm³/mol. The molecule has 1 aromatic rings. The predicted octanol–water partition coefficient (Wildman–Crippen LogP) is 2.93. The van der Waals surface area contributed by atoms with Gasteiger partial charge in [-0.1, -0.05) is 30.3 Å². The standard InChI is InChI=1S/C11H13ClO/c1-11(10(12)7-8-13-11)9-5-3-2-4-6-9/h2-6,10H,7-8H2,1H3/t10-,11+/m1/s1. The van der Waals surface area contributed by atoms with Crippen molar-refractivity contribution in [1.29, 1.82) is 0 Å². The molecule has 1 aliphatic heterocycles. The maximum Gasteiger partial charge on any atom is 0.107 e. The Balaban J connectivity index is 2.34. The third-order valence-corrected chi connectivity index (χ3v) is 3.35. The Morgan fingerprint density at radius 3 is 2.62 bits per heavy atom. The second-order valence-electron chi connectivity index (χ2n) is 3.58. The van der Waals surface area contributed by atoms with Crippen molar-refractivity contribution in [3.8, 4) is 0 Å². The molecule has 0 amide bonds. The summed E-state index contributed by atoms with van der Waals surface area (Å²) in [6, 6.07) is 10.2. The van der Waals surface area contributed by atoms with Crippen molar-refractivity contribution >= 4 is 11.6 Å². The van der Waals surface area contributed by atoms with Gasteiger partial charge in [-0.2, -0.15) is 0 Å². The fourth-order valence-electron chi connectivity index (χ4n) is 1.77. The van der Waals surface area contributed by atoms with Crippen molar-refractivity contribution in [2.24, 2.45) is 0 Å². The summed E-state index contributed by atoms with van der Waals surface area (Å²) >= 11 is 6.23. The monoisotopic (exact) mass is 196 g/mol. The summed E-state index contributed by atoms with van der Waals surface area (Å²) < 4.78 is 5.71.